The van der Waals surface area contributed by atoms with Gasteiger partial charge in [-0.2, -0.15) is 9.97 Å². The smallest absolute Gasteiger partial charge is 0.319 e. The Bertz CT molecular complexity index is 1650. The summed E-state index contributed by atoms with van der Waals surface area (Å²) in [5.74, 6) is 0.302. The van der Waals surface area contributed by atoms with Gasteiger partial charge in [-0.15, -0.1) is 0 Å². The summed E-state index contributed by atoms with van der Waals surface area (Å²) in [4.78, 5) is 36.6. The van der Waals surface area contributed by atoms with E-state index in [0.717, 1.165) is 43.4 Å². The number of nitrogens with two attached hydrogens (primary N) is 1. The summed E-state index contributed by atoms with van der Waals surface area (Å²) in [7, 11) is 1.87. The van der Waals surface area contributed by atoms with E-state index in [4.69, 9.17) is 15.5 Å². The fourth-order valence-electron chi connectivity index (χ4n) is 7.50. The summed E-state index contributed by atoms with van der Waals surface area (Å²) in [6.45, 7) is 8.08. The third-order valence-electron chi connectivity index (χ3n) is 9.90. The minimum Gasteiger partial charge on any atom is -0.461 e. The van der Waals surface area contributed by atoms with Gasteiger partial charge in [0.25, 0.3) is 0 Å². The van der Waals surface area contributed by atoms with E-state index in [2.05, 4.69) is 26.4 Å². The summed E-state index contributed by atoms with van der Waals surface area (Å²) in [5, 5.41) is 0.425. The maximum absolute atomic E-state index is 16.7. The molecule has 4 aliphatic rings. The molecule has 232 valence electrons. The molecule has 1 amide bonds. The molecular weight excluding hydrogens is 566 g/mol. The fraction of sp³-hybridized carbons (Fsp3) is 0.531. The van der Waals surface area contributed by atoms with Gasteiger partial charge in [-0.05, 0) is 74.8 Å². The van der Waals surface area contributed by atoms with Gasteiger partial charge >= 0.3 is 6.01 Å². The molecule has 3 atom stereocenters. The van der Waals surface area contributed by atoms with E-state index >= 15 is 4.39 Å². The van der Waals surface area contributed by atoms with Crippen molar-refractivity contribution >= 4 is 28.4 Å². The normalized spacial score (nSPS) is 25.0. The number of alkyl halides is 1. The van der Waals surface area contributed by atoms with Crippen molar-refractivity contribution in [3.8, 4) is 17.4 Å². The molecule has 0 radical (unpaired) electrons. The maximum atomic E-state index is 16.7. The summed E-state index contributed by atoms with van der Waals surface area (Å²) < 4.78 is 37.4. The number of fused-ring (bicyclic) bond motifs is 2. The van der Waals surface area contributed by atoms with Crippen molar-refractivity contribution in [3.63, 3.8) is 0 Å². The Morgan fingerprint density at radius 1 is 1.23 bits per heavy atom. The van der Waals surface area contributed by atoms with Crippen LogP contribution in [0.25, 0.3) is 22.3 Å². The second-order valence-corrected chi connectivity index (χ2v) is 12.8. The highest BCUT2D eigenvalue weighted by molar-refractivity contribution is 5.92. The number of nitrogen functional groups attached to an aromatic ring is 1. The van der Waals surface area contributed by atoms with Crippen molar-refractivity contribution in [1.29, 1.82) is 0 Å². The lowest BCUT2D eigenvalue weighted by Crippen LogP contribution is -2.43. The lowest BCUT2D eigenvalue weighted by atomic mass is 9.95. The van der Waals surface area contributed by atoms with E-state index in [1.54, 1.807) is 11.1 Å². The maximum Gasteiger partial charge on any atom is 0.319 e. The molecule has 2 N–H and O–H groups in total. The van der Waals surface area contributed by atoms with Crippen LogP contribution in [0.15, 0.2) is 24.9 Å². The zero-order chi connectivity index (χ0) is 30.7. The van der Waals surface area contributed by atoms with E-state index in [0.29, 0.717) is 61.1 Å². The van der Waals surface area contributed by atoms with Crippen molar-refractivity contribution in [2.45, 2.75) is 69.1 Å². The number of likely N-dealkylation sites (tertiary alicyclic amines) is 1. The van der Waals surface area contributed by atoms with Crippen LogP contribution in [0.4, 0.5) is 20.4 Å². The van der Waals surface area contributed by atoms with E-state index in [1.165, 1.54) is 6.08 Å². The van der Waals surface area contributed by atoms with Crippen LogP contribution in [-0.4, -0.2) is 93.2 Å². The molecular formula is C32H38F2N8O2. The quantitative estimate of drug-likeness (QED) is 0.379. The van der Waals surface area contributed by atoms with Gasteiger partial charge in [0.2, 0.25) is 5.91 Å². The standard InChI is InChI=1S/C32H38F2N8O2/c1-4-24(43)41-11-8-21(16-41)40(3)30-22-14-36-29(28-25(19-6-7-19)18(2)12-23(35)37-28)26(34)27(22)38-31(39-30)44-17-32-9-5-10-42(32)15-20(33)13-32/h4,12,14,19-21H,1,5-11,13,15-17H2,2-3H3,(H2,35,37)/t20-,21-,32+/m1/s1. The molecule has 3 aromatic heterocycles. The van der Waals surface area contributed by atoms with Gasteiger partial charge < -0.3 is 20.3 Å². The molecule has 3 aromatic rings. The number of aryl methyl sites for hydroxylation is 1. The van der Waals surface area contributed by atoms with E-state index in [-0.39, 0.29) is 35.8 Å². The number of carbonyl (C=O) groups is 1. The highest BCUT2D eigenvalue weighted by Gasteiger charge is 2.49. The Labute approximate surface area is 255 Å². The fourth-order valence-corrected chi connectivity index (χ4v) is 7.50. The van der Waals surface area contributed by atoms with Crippen LogP contribution in [0.2, 0.25) is 0 Å². The minimum absolute atomic E-state index is 0.0232. The number of rotatable bonds is 8. The second kappa shape index (κ2) is 10.9. The molecule has 3 saturated heterocycles. The van der Waals surface area contributed by atoms with Gasteiger partial charge in [0.15, 0.2) is 5.82 Å². The first-order valence-electron chi connectivity index (χ1n) is 15.5. The van der Waals surface area contributed by atoms with Crippen LogP contribution in [0, 0.1) is 12.7 Å². The zero-order valence-electron chi connectivity index (χ0n) is 25.2. The van der Waals surface area contributed by atoms with E-state index in [9.17, 15) is 9.18 Å². The molecule has 6 heterocycles. The van der Waals surface area contributed by atoms with Gasteiger partial charge in [0.1, 0.15) is 35.6 Å². The molecule has 0 aromatic carbocycles. The monoisotopic (exact) mass is 604 g/mol. The number of anilines is 2. The molecule has 0 unspecified atom stereocenters. The predicted molar refractivity (Wildman–Crippen MR) is 164 cm³/mol. The summed E-state index contributed by atoms with van der Waals surface area (Å²) in [6, 6.07) is 1.77. The molecule has 10 nitrogen and oxygen atoms in total. The number of nitrogens with zero attached hydrogens (tertiary/aromatic N) is 7. The molecule has 0 bridgehead atoms. The number of hydrogen-bond acceptors (Lipinski definition) is 9. The van der Waals surface area contributed by atoms with Crippen LogP contribution in [-0.2, 0) is 4.79 Å². The van der Waals surface area contributed by atoms with Crippen LogP contribution >= 0.6 is 0 Å². The number of carbonyl (C=O) groups excluding carboxylic acids is 1. The van der Waals surface area contributed by atoms with Crippen molar-refractivity contribution in [2.75, 3.05) is 50.5 Å². The van der Waals surface area contributed by atoms with Gasteiger partial charge in [0.05, 0.1) is 16.6 Å². The van der Waals surface area contributed by atoms with Crippen LogP contribution in [0.3, 0.4) is 0 Å². The number of ether oxygens (including phenoxy) is 1. The Kier molecular flexibility index (Phi) is 7.14. The number of halogens is 2. The van der Waals surface area contributed by atoms with Crippen LogP contribution < -0.4 is 15.4 Å². The lowest BCUT2D eigenvalue weighted by molar-refractivity contribution is -0.125. The summed E-state index contributed by atoms with van der Waals surface area (Å²) in [5.41, 5.74) is 8.24. The zero-order valence-corrected chi connectivity index (χ0v) is 25.2. The Morgan fingerprint density at radius 3 is 2.82 bits per heavy atom. The number of hydrogen-bond donors (Lipinski definition) is 1. The predicted octanol–water partition coefficient (Wildman–Crippen LogP) is 4.17. The lowest BCUT2D eigenvalue weighted by Gasteiger charge is -2.31. The first-order chi connectivity index (χ1) is 21.2. The Hall–Kier alpha value is -3.93. The van der Waals surface area contributed by atoms with Crippen molar-refractivity contribution in [1.82, 2.24) is 29.7 Å². The highest BCUT2D eigenvalue weighted by atomic mass is 19.1. The summed E-state index contributed by atoms with van der Waals surface area (Å²) >= 11 is 0. The third-order valence-corrected chi connectivity index (χ3v) is 9.90. The largest absolute Gasteiger partial charge is 0.461 e. The Balaban J connectivity index is 1.31. The molecule has 3 aliphatic heterocycles. The molecule has 0 spiro atoms. The van der Waals surface area contributed by atoms with Gasteiger partial charge in [0, 0.05) is 45.3 Å². The number of aromatic nitrogens is 4. The van der Waals surface area contributed by atoms with Crippen LogP contribution in [0.5, 0.6) is 6.01 Å². The second-order valence-electron chi connectivity index (χ2n) is 12.8. The molecule has 4 fully saturated rings. The number of likely N-dealkylation sites (N-methyl/N-ethyl adjacent to an activating group) is 1. The highest BCUT2D eigenvalue weighted by Crippen LogP contribution is 2.46. The van der Waals surface area contributed by atoms with E-state index < -0.39 is 17.5 Å². The van der Waals surface area contributed by atoms with Gasteiger partial charge in [-0.1, -0.05) is 6.58 Å². The number of amides is 1. The van der Waals surface area contributed by atoms with Crippen molar-refractivity contribution < 1.29 is 18.3 Å². The number of pyridine rings is 2. The van der Waals surface area contributed by atoms with Gasteiger partial charge in [-0.25, -0.2) is 13.8 Å². The first-order valence-corrected chi connectivity index (χ1v) is 15.5. The molecule has 1 saturated carbocycles. The Morgan fingerprint density at radius 2 is 2.05 bits per heavy atom. The minimum atomic E-state index is -0.900. The van der Waals surface area contributed by atoms with Crippen molar-refractivity contribution in [2.24, 2.45) is 0 Å². The molecule has 1 aliphatic carbocycles. The molecule has 12 heteroatoms. The topological polar surface area (TPSA) is 114 Å². The third kappa shape index (κ3) is 4.92. The molecule has 44 heavy (non-hydrogen) atoms. The van der Waals surface area contributed by atoms with E-state index in [1.807, 2.05) is 24.9 Å². The molecule has 7 rings (SSSR count). The van der Waals surface area contributed by atoms with Crippen molar-refractivity contribution in [3.05, 3.63) is 41.9 Å². The first kappa shape index (κ1) is 28.8. The average molecular weight is 605 g/mol. The van der Waals surface area contributed by atoms with Crippen LogP contribution in [0.1, 0.15) is 55.6 Å². The average Bonchev–Trinajstić information content (AvgIpc) is 3.43. The summed E-state index contributed by atoms with van der Waals surface area (Å²) in [6.07, 6.45) is 6.93. The SMILES string of the molecule is C=CC(=O)N1CC[C@@H](N(C)c2nc(OC[C@@]34CCCN3C[C@H](F)C4)nc3c(F)c(-c4nc(N)cc(C)c4C4CC4)ncc23)C1. The van der Waals surface area contributed by atoms with Gasteiger partial charge in [-0.3, -0.25) is 14.7 Å².